The molecule has 0 amide bonds. The number of rotatable bonds is 0. The van der Waals surface area contributed by atoms with Crippen molar-refractivity contribution in [3.63, 3.8) is 0 Å². The number of anilines is 1. The van der Waals surface area contributed by atoms with Gasteiger partial charge < -0.3 is 0 Å². The molecule has 0 atom stereocenters. The normalized spacial score (nSPS) is 13.9. The summed E-state index contributed by atoms with van der Waals surface area (Å²) in [5, 5.41) is 3.11. The Balaban J connectivity index is 2.54. The van der Waals surface area contributed by atoms with E-state index in [-0.39, 0.29) is 0 Å². The maximum absolute atomic E-state index is 4.20. The molecule has 1 aliphatic heterocycles. The second kappa shape index (κ2) is 1.80. The summed E-state index contributed by atoms with van der Waals surface area (Å²) < 4.78 is 0. The van der Waals surface area contributed by atoms with Crippen molar-refractivity contribution in [2.24, 2.45) is 0 Å². The number of nitrogens with one attached hydrogen (secondary N) is 1. The summed E-state index contributed by atoms with van der Waals surface area (Å²) in [6.07, 6.45) is 3.50. The standard InChI is InChI=1S/C7H7N3/c1-5-9-6-2-3-8-4-7(6)10-5/h2-4,9H,1H3/q+1. The van der Waals surface area contributed by atoms with Crippen LogP contribution in [0, 0.1) is 0 Å². The number of aliphatic imine (C=N–C) groups is 1. The van der Waals surface area contributed by atoms with Gasteiger partial charge in [-0.1, -0.05) is 0 Å². The minimum absolute atomic E-state index is 0.931. The Morgan fingerprint density at radius 3 is 3.30 bits per heavy atom. The molecular formula is C7H7N3+. The van der Waals surface area contributed by atoms with E-state index in [1.165, 1.54) is 0 Å². The summed E-state index contributed by atoms with van der Waals surface area (Å²) >= 11 is 0. The summed E-state index contributed by atoms with van der Waals surface area (Å²) in [6.45, 7) is 1.93. The van der Waals surface area contributed by atoms with Gasteiger partial charge in [-0.05, 0) is 4.99 Å². The largest absolute Gasteiger partial charge is 0.294 e. The lowest BCUT2D eigenvalue weighted by Crippen LogP contribution is -2.03. The molecule has 2 rings (SSSR count). The highest BCUT2D eigenvalue weighted by Gasteiger charge is 2.19. The van der Waals surface area contributed by atoms with Crippen LogP contribution in [-0.4, -0.2) is 10.8 Å². The topological polar surface area (TPSA) is 39.0 Å². The fourth-order valence-electron chi connectivity index (χ4n) is 0.984. The molecule has 1 aliphatic rings. The molecule has 0 saturated heterocycles. The number of fused-ring (bicyclic) bond motifs is 1. The predicted octanol–water partition coefficient (Wildman–Crippen LogP) is 0.893. The second-order valence-corrected chi connectivity index (χ2v) is 2.22. The van der Waals surface area contributed by atoms with Crippen LogP contribution in [0.5, 0.6) is 0 Å². The highest BCUT2D eigenvalue weighted by Crippen LogP contribution is 2.21. The van der Waals surface area contributed by atoms with Gasteiger partial charge in [-0.2, -0.15) is 0 Å². The van der Waals surface area contributed by atoms with E-state index < -0.39 is 0 Å². The summed E-state index contributed by atoms with van der Waals surface area (Å²) in [4.78, 5) is 8.14. The Morgan fingerprint density at radius 2 is 2.50 bits per heavy atom. The molecule has 1 aromatic heterocycles. The summed E-state index contributed by atoms with van der Waals surface area (Å²) in [7, 11) is 0. The molecule has 2 heterocycles. The van der Waals surface area contributed by atoms with E-state index in [0.29, 0.717) is 0 Å². The molecule has 0 aromatic carbocycles. The third-order valence-corrected chi connectivity index (χ3v) is 1.40. The van der Waals surface area contributed by atoms with E-state index in [1.807, 2.05) is 13.0 Å². The number of amidine groups is 1. The molecule has 0 aliphatic carbocycles. The molecule has 1 radical (unpaired) electrons. The second-order valence-electron chi connectivity index (χ2n) is 2.22. The van der Waals surface area contributed by atoms with Crippen molar-refractivity contribution in [3.05, 3.63) is 18.5 Å². The van der Waals surface area contributed by atoms with Crippen LogP contribution >= 0.6 is 0 Å². The number of hydrogen-bond acceptors (Lipinski definition) is 3. The van der Waals surface area contributed by atoms with E-state index >= 15 is 0 Å². The van der Waals surface area contributed by atoms with Gasteiger partial charge in [0, 0.05) is 19.2 Å². The average Bonchev–Trinajstić information content (AvgIpc) is 2.27. The Kier molecular flexibility index (Phi) is 0.974. The van der Waals surface area contributed by atoms with E-state index in [2.05, 4.69) is 15.3 Å². The van der Waals surface area contributed by atoms with Gasteiger partial charge in [0.25, 0.3) is 5.84 Å². The highest BCUT2D eigenvalue weighted by atomic mass is 15.1. The Hall–Kier alpha value is -1.38. The summed E-state index contributed by atoms with van der Waals surface area (Å²) in [5.74, 6) is 0.933. The third-order valence-electron chi connectivity index (χ3n) is 1.40. The van der Waals surface area contributed by atoms with Crippen LogP contribution in [0.4, 0.5) is 11.4 Å². The minimum atomic E-state index is 0.931. The predicted molar refractivity (Wildman–Crippen MR) is 40.3 cm³/mol. The van der Waals surface area contributed by atoms with Gasteiger partial charge >= 0.3 is 0 Å². The highest BCUT2D eigenvalue weighted by molar-refractivity contribution is 6.01. The van der Waals surface area contributed by atoms with Crippen LogP contribution in [-0.2, 0) is 0 Å². The molecule has 0 spiro atoms. The quantitative estimate of drug-likeness (QED) is 0.571. The first kappa shape index (κ1) is 5.41. The van der Waals surface area contributed by atoms with Crippen LogP contribution in [0.15, 0.2) is 18.5 Å². The molecule has 0 saturated carbocycles. The first-order valence-electron chi connectivity index (χ1n) is 3.12. The van der Waals surface area contributed by atoms with Crippen molar-refractivity contribution in [2.45, 2.75) is 6.92 Å². The summed E-state index contributed by atoms with van der Waals surface area (Å²) in [5.41, 5.74) is 1.98. The monoisotopic (exact) mass is 133 g/mol. The van der Waals surface area contributed by atoms with Crippen LogP contribution in [0.3, 0.4) is 0 Å². The van der Waals surface area contributed by atoms with Crippen molar-refractivity contribution in [2.75, 3.05) is 5.32 Å². The van der Waals surface area contributed by atoms with Gasteiger partial charge in [0.1, 0.15) is 0 Å². The van der Waals surface area contributed by atoms with E-state index in [4.69, 9.17) is 0 Å². The molecule has 1 aromatic rings. The van der Waals surface area contributed by atoms with Crippen molar-refractivity contribution in [1.82, 2.24) is 9.98 Å². The van der Waals surface area contributed by atoms with Gasteiger partial charge in [0.2, 0.25) is 5.69 Å². The van der Waals surface area contributed by atoms with E-state index in [0.717, 1.165) is 17.2 Å². The van der Waals surface area contributed by atoms with Crippen molar-refractivity contribution >= 4 is 17.2 Å². The van der Waals surface area contributed by atoms with Crippen LogP contribution in [0.2, 0.25) is 0 Å². The molecule has 0 bridgehead atoms. The molecule has 1 N–H and O–H groups in total. The summed E-state index contributed by atoms with van der Waals surface area (Å²) in [6, 6.07) is 1.91. The number of hydrogen-bond donors (Lipinski definition) is 1. The zero-order valence-corrected chi connectivity index (χ0v) is 5.63. The zero-order valence-electron chi connectivity index (χ0n) is 5.63. The Labute approximate surface area is 58.8 Å². The van der Waals surface area contributed by atoms with Gasteiger partial charge in [-0.15, -0.1) is 0 Å². The number of pyridine rings is 1. The molecule has 10 heavy (non-hydrogen) atoms. The molecular weight excluding hydrogens is 126 g/mol. The zero-order chi connectivity index (χ0) is 6.97. The average molecular weight is 133 g/mol. The fraction of sp³-hybridized carbons (Fsp3) is 0.143. The van der Waals surface area contributed by atoms with Crippen molar-refractivity contribution in [1.29, 1.82) is 0 Å². The van der Waals surface area contributed by atoms with Crippen molar-refractivity contribution in [3.8, 4) is 0 Å². The molecule has 3 heteroatoms. The lowest BCUT2D eigenvalue weighted by atomic mass is 10.4. The van der Waals surface area contributed by atoms with E-state index in [9.17, 15) is 0 Å². The van der Waals surface area contributed by atoms with Gasteiger partial charge in [-0.3, -0.25) is 4.98 Å². The van der Waals surface area contributed by atoms with Gasteiger partial charge in [-0.25, -0.2) is 5.32 Å². The first-order chi connectivity index (χ1) is 4.86. The van der Waals surface area contributed by atoms with Crippen LogP contribution in [0.1, 0.15) is 6.92 Å². The maximum atomic E-state index is 4.20. The third kappa shape index (κ3) is 0.673. The maximum Gasteiger partial charge on any atom is 0.294 e. The fourth-order valence-corrected chi connectivity index (χ4v) is 0.984. The van der Waals surface area contributed by atoms with Gasteiger partial charge in [0.05, 0.1) is 6.20 Å². The van der Waals surface area contributed by atoms with E-state index in [1.54, 1.807) is 12.4 Å². The molecule has 3 nitrogen and oxygen atoms in total. The molecule has 0 fully saturated rings. The molecule has 0 unspecified atom stereocenters. The number of aromatic nitrogens is 1. The lowest BCUT2D eigenvalue weighted by molar-refractivity contribution is 1.29. The smallest absolute Gasteiger partial charge is 0.260 e. The lowest BCUT2D eigenvalue weighted by Gasteiger charge is -1.85. The first-order valence-corrected chi connectivity index (χ1v) is 3.12. The number of nitrogens with zero attached hydrogens (tertiary/aromatic N) is 2. The minimum Gasteiger partial charge on any atom is -0.260 e. The van der Waals surface area contributed by atoms with Crippen LogP contribution < -0.4 is 10.3 Å². The Bertz CT molecular complexity index is 291. The Morgan fingerprint density at radius 1 is 1.60 bits per heavy atom. The SMILES string of the molecule is CC1=[N+]c2cnccc2N1. The van der Waals surface area contributed by atoms with Crippen LogP contribution in [0.25, 0.3) is 0 Å². The molecule has 49 valence electrons. The van der Waals surface area contributed by atoms with Crippen molar-refractivity contribution < 1.29 is 0 Å². The van der Waals surface area contributed by atoms with Gasteiger partial charge in [0.15, 0.2) is 5.69 Å².